The minimum absolute atomic E-state index is 0.174. The van der Waals surface area contributed by atoms with Gasteiger partial charge in [0.2, 0.25) is 0 Å². The molecule has 0 radical (unpaired) electrons. The summed E-state index contributed by atoms with van der Waals surface area (Å²) in [7, 11) is 0. The molecular weight excluding hydrogens is 306 g/mol. The van der Waals surface area contributed by atoms with Gasteiger partial charge in [-0.05, 0) is 39.2 Å². The average molecular weight is 339 g/mol. The molecule has 2 amide bonds. The molecule has 2 rings (SSSR count). The molecule has 6 nitrogen and oxygen atoms in total. The number of hydrogen-bond donors (Lipinski definition) is 2. The van der Waals surface area contributed by atoms with Crippen LogP contribution >= 0.6 is 0 Å². The number of hydrogen-bond acceptors (Lipinski definition) is 4. The van der Waals surface area contributed by atoms with Crippen molar-refractivity contribution in [1.82, 2.24) is 15.5 Å². The molecule has 0 aromatic heterocycles. The van der Waals surface area contributed by atoms with Gasteiger partial charge >= 0.3 is 12.0 Å². The number of esters is 1. The summed E-state index contributed by atoms with van der Waals surface area (Å²) >= 11 is 0. The van der Waals surface area contributed by atoms with Crippen LogP contribution in [0.5, 0.6) is 0 Å². The van der Waals surface area contributed by atoms with Gasteiger partial charge < -0.3 is 15.4 Å². The summed E-state index contributed by atoms with van der Waals surface area (Å²) in [5, 5.41) is 5.82. The van der Waals surface area contributed by atoms with Crippen molar-refractivity contribution in [3.05, 3.63) is 0 Å². The molecule has 0 unspecified atom stereocenters. The van der Waals surface area contributed by atoms with Crippen LogP contribution in [0.3, 0.4) is 0 Å². The summed E-state index contributed by atoms with van der Waals surface area (Å²) < 4.78 is 4.85. The van der Waals surface area contributed by atoms with Crippen LogP contribution in [0.1, 0.15) is 64.7 Å². The van der Waals surface area contributed by atoms with Gasteiger partial charge in [-0.1, -0.05) is 25.7 Å². The van der Waals surface area contributed by atoms with Crippen molar-refractivity contribution in [1.29, 1.82) is 0 Å². The van der Waals surface area contributed by atoms with Crippen LogP contribution in [0.15, 0.2) is 0 Å². The summed E-state index contributed by atoms with van der Waals surface area (Å²) in [6.45, 7) is 4.60. The van der Waals surface area contributed by atoms with E-state index in [-0.39, 0.29) is 24.5 Å². The van der Waals surface area contributed by atoms with E-state index in [0.29, 0.717) is 19.2 Å². The Bertz CT molecular complexity index is 395. The highest BCUT2D eigenvalue weighted by Gasteiger charge is 2.27. The molecule has 24 heavy (non-hydrogen) atoms. The standard InChI is InChI=1S/C18H33N3O3/c1-2-24-17(22)11-12-19-18(23)20-15-8-7-13-21(14-15)16-9-5-3-4-6-10-16/h15-16H,2-14H2,1H3,(H2,19,20,23)/t15-/m1/s1. The van der Waals surface area contributed by atoms with Gasteiger partial charge in [-0.2, -0.15) is 0 Å². The smallest absolute Gasteiger partial charge is 0.315 e. The van der Waals surface area contributed by atoms with E-state index in [1.54, 1.807) is 6.92 Å². The Morgan fingerprint density at radius 1 is 1.08 bits per heavy atom. The number of carbonyl (C=O) groups excluding carboxylic acids is 2. The lowest BCUT2D eigenvalue weighted by Crippen LogP contribution is -2.53. The van der Waals surface area contributed by atoms with E-state index in [0.717, 1.165) is 25.9 Å². The average Bonchev–Trinajstić information content (AvgIpc) is 2.84. The third-order valence-corrected chi connectivity index (χ3v) is 5.05. The largest absolute Gasteiger partial charge is 0.466 e. The Kier molecular flexibility index (Phi) is 8.36. The van der Waals surface area contributed by atoms with Crippen molar-refractivity contribution in [3.63, 3.8) is 0 Å². The van der Waals surface area contributed by atoms with Crippen molar-refractivity contribution in [2.45, 2.75) is 76.8 Å². The first-order valence-electron chi connectivity index (χ1n) is 9.63. The number of nitrogens with zero attached hydrogens (tertiary/aromatic N) is 1. The fraction of sp³-hybridized carbons (Fsp3) is 0.889. The fourth-order valence-corrected chi connectivity index (χ4v) is 3.83. The molecule has 138 valence electrons. The molecule has 1 aliphatic heterocycles. The van der Waals surface area contributed by atoms with Crippen LogP contribution in [0, 0.1) is 0 Å². The molecule has 0 aromatic rings. The van der Waals surface area contributed by atoms with E-state index in [4.69, 9.17) is 4.74 Å². The fourth-order valence-electron chi connectivity index (χ4n) is 3.83. The molecular formula is C18H33N3O3. The highest BCUT2D eigenvalue weighted by molar-refractivity contribution is 5.75. The third-order valence-electron chi connectivity index (χ3n) is 5.05. The maximum atomic E-state index is 12.0. The lowest BCUT2D eigenvalue weighted by Gasteiger charge is -2.38. The Balaban J connectivity index is 1.68. The highest BCUT2D eigenvalue weighted by Crippen LogP contribution is 2.24. The lowest BCUT2D eigenvalue weighted by atomic mass is 10.00. The number of rotatable bonds is 6. The van der Waals surface area contributed by atoms with Gasteiger partial charge in [0, 0.05) is 25.2 Å². The molecule has 1 aliphatic carbocycles. The summed E-state index contributed by atoms with van der Waals surface area (Å²) in [5.41, 5.74) is 0. The molecule has 1 saturated carbocycles. The Morgan fingerprint density at radius 2 is 1.83 bits per heavy atom. The second kappa shape index (κ2) is 10.5. The maximum absolute atomic E-state index is 12.0. The number of urea groups is 1. The van der Waals surface area contributed by atoms with Crippen LogP contribution in [0.25, 0.3) is 0 Å². The van der Waals surface area contributed by atoms with Crippen molar-refractivity contribution in [2.75, 3.05) is 26.2 Å². The van der Waals surface area contributed by atoms with E-state index >= 15 is 0 Å². The number of ether oxygens (including phenoxy) is 1. The molecule has 2 N–H and O–H groups in total. The monoisotopic (exact) mass is 339 g/mol. The minimum atomic E-state index is -0.269. The SMILES string of the molecule is CCOC(=O)CCNC(=O)N[C@@H]1CCCN(C2CCCCCC2)C1. The minimum Gasteiger partial charge on any atom is -0.466 e. The zero-order valence-corrected chi connectivity index (χ0v) is 15.0. The summed E-state index contributed by atoms with van der Waals surface area (Å²) in [6.07, 6.45) is 10.4. The third kappa shape index (κ3) is 6.67. The van der Waals surface area contributed by atoms with E-state index in [2.05, 4.69) is 15.5 Å². The van der Waals surface area contributed by atoms with Crippen molar-refractivity contribution in [2.24, 2.45) is 0 Å². The first-order valence-corrected chi connectivity index (χ1v) is 9.63. The molecule has 2 aliphatic rings. The first-order chi connectivity index (χ1) is 11.7. The molecule has 2 fully saturated rings. The number of nitrogens with one attached hydrogen (secondary N) is 2. The van der Waals surface area contributed by atoms with Gasteiger partial charge in [0.1, 0.15) is 0 Å². The first kappa shape index (κ1) is 19.0. The number of amides is 2. The molecule has 1 atom stereocenters. The normalized spacial score (nSPS) is 23.3. The second-order valence-corrected chi connectivity index (χ2v) is 6.93. The van der Waals surface area contributed by atoms with Crippen LogP contribution in [-0.2, 0) is 9.53 Å². The predicted octanol–water partition coefficient (Wildman–Crippen LogP) is 2.43. The molecule has 0 spiro atoms. The van der Waals surface area contributed by atoms with Crippen molar-refractivity contribution >= 4 is 12.0 Å². The summed E-state index contributed by atoms with van der Waals surface area (Å²) in [5.74, 6) is -0.269. The maximum Gasteiger partial charge on any atom is 0.315 e. The number of likely N-dealkylation sites (tertiary alicyclic amines) is 1. The van der Waals surface area contributed by atoms with Crippen LogP contribution in [0.4, 0.5) is 4.79 Å². The van der Waals surface area contributed by atoms with Crippen LogP contribution in [-0.4, -0.2) is 55.2 Å². The van der Waals surface area contributed by atoms with Gasteiger partial charge in [-0.25, -0.2) is 4.79 Å². The Hall–Kier alpha value is -1.30. The molecule has 1 heterocycles. The van der Waals surface area contributed by atoms with E-state index in [1.165, 1.54) is 38.5 Å². The van der Waals surface area contributed by atoms with E-state index in [9.17, 15) is 9.59 Å². The Morgan fingerprint density at radius 3 is 2.54 bits per heavy atom. The highest BCUT2D eigenvalue weighted by atomic mass is 16.5. The summed E-state index contributed by atoms with van der Waals surface area (Å²) in [4.78, 5) is 25.8. The van der Waals surface area contributed by atoms with Crippen LogP contribution < -0.4 is 10.6 Å². The van der Waals surface area contributed by atoms with E-state index < -0.39 is 0 Å². The zero-order valence-electron chi connectivity index (χ0n) is 15.0. The zero-order chi connectivity index (χ0) is 17.2. The van der Waals surface area contributed by atoms with Gasteiger partial charge in [0.05, 0.1) is 13.0 Å². The summed E-state index contributed by atoms with van der Waals surface area (Å²) in [6, 6.07) is 0.737. The van der Waals surface area contributed by atoms with Gasteiger partial charge in [0.15, 0.2) is 0 Å². The topological polar surface area (TPSA) is 70.7 Å². The quantitative estimate of drug-likeness (QED) is 0.576. The number of piperidine rings is 1. The molecule has 0 bridgehead atoms. The van der Waals surface area contributed by atoms with E-state index in [1.807, 2.05) is 0 Å². The molecule has 1 saturated heterocycles. The number of carbonyl (C=O) groups is 2. The molecule has 6 heteroatoms. The van der Waals surface area contributed by atoms with Crippen molar-refractivity contribution in [3.8, 4) is 0 Å². The predicted molar refractivity (Wildman–Crippen MR) is 93.9 cm³/mol. The van der Waals surface area contributed by atoms with Gasteiger partial charge in [-0.15, -0.1) is 0 Å². The Labute approximate surface area is 145 Å². The lowest BCUT2D eigenvalue weighted by molar-refractivity contribution is -0.142. The van der Waals surface area contributed by atoms with Crippen molar-refractivity contribution < 1.29 is 14.3 Å². The van der Waals surface area contributed by atoms with Gasteiger partial charge in [0.25, 0.3) is 0 Å². The van der Waals surface area contributed by atoms with Crippen LogP contribution in [0.2, 0.25) is 0 Å². The second-order valence-electron chi connectivity index (χ2n) is 6.93. The molecule has 0 aromatic carbocycles. The van der Waals surface area contributed by atoms with Gasteiger partial charge in [-0.3, -0.25) is 9.69 Å².